The van der Waals surface area contributed by atoms with Crippen molar-refractivity contribution in [3.63, 3.8) is 0 Å². The largest absolute Gasteiger partial charge is 0.352 e. The standard InChI is InChI=1S/C20H29N3O3/c1-5-6-7-8-15(3)21-18(24)13-22-19(25)16(4)23(20(22)26)17-11-9-14(2)10-12-17/h9-12,15-16H,5-8,13H2,1-4H3,(H,21,24)/t15-,16+/m0/s1. The van der Waals surface area contributed by atoms with Crippen LogP contribution in [0, 0.1) is 6.92 Å². The fourth-order valence-electron chi connectivity index (χ4n) is 3.15. The van der Waals surface area contributed by atoms with Gasteiger partial charge in [-0.25, -0.2) is 4.79 Å². The predicted molar refractivity (Wildman–Crippen MR) is 102 cm³/mol. The third-order valence-electron chi connectivity index (χ3n) is 4.71. The van der Waals surface area contributed by atoms with Gasteiger partial charge in [-0.1, -0.05) is 43.9 Å². The number of amides is 4. The van der Waals surface area contributed by atoms with Crippen LogP contribution in [0.3, 0.4) is 0 Å². The molecule has 142 valence electrons. The summed E-state index contributed by atoms with van der Waals surface area (Å²) in [6.07, 6.45) is 4.21. The minimum absolute atomic E-state index is 0.0347. The van der Waals surface area contributed by atoms with Crippen LogP contribution in [0.4, 0.5) is 10.5 Å². The first-order chi connectivity index (χ1) is 12.3. The van der Waals surface area contributed by atoms with E-state index >= 15 is 0 Å². The molecule has 1 fully saturated rings. The summed E-state index contributed by atoms with van der Waals surface area (Å²) in [5.41, 5.74) is 1.74. The first-order valence-electron chi connectivity index (χ1n) is 9.35. The van der Waals surface area contributed by atoms with Gasteiger partial charge in [0.1, 0.15) is 12.6 Å². The summed E-state index contributed by atoms with van der Waals surface area (Å²) >= 11 is 0. The Morgan fingerprint density at radius 2 is 1.85 bits per heavy atom. The maximum atomic E-state index is 12.7. The lowest BCUT2D eigenvalue weighted by Gasteiger charge is -2.20. The van der Waals surface area contributed by atoms with E-state index in [2.05, 4.69) is 12.2 Å². The number of urea groups is 1. The van der Waals surface area contributed by atoms with Crippen molar-refractivity contribution >= 4 is 23.5 Å². The number of hydrogen-bond acceptors (Lipinski definition) is 3. The second kappa shape index (κ2) is 8.83. The zero-order valence-corrected chi connectivity index (χ0v) is 16.1. The highest BCUT2D eigenvalue weighted by molar-refractivity contribution is 6.15. The lowest BCUT2D eigenvalue weighted by atomic mass is 10.1. The van der Waals surface area contributed by atoms with Gasteiger partial charge in [0, 0.05) is 11.7 Å². The van der Waals surface area contributed by atoms with E-state index < -0.39 is 12.1 Å². The predicted octanol–water partition coefficient (Wildman–Crippen LogP) is 3.24. The highest BCUT2D eigenvalue weighted by Gasteiger charge is 2.44. The fraction of sp³-hybridized carbons (Fsp3) is 0.550. The molecule has 2 atom stereocenters. The van der Waals surface area contributed by atoms with Crippen LogP contribution in [0.5, 0.6) is 0 Å². The Labute approximate surface area is 155 Å². The summed E-state index contributed by atoms with van der Waals surface area (Å²) in [6, 6.07) is 6.40. The molecule has 0 unspecified atom stereocenters. The Morgan fingerprint density at radius 1 is 1.19 bits per heavy atom. The molecule has 2 rings (SSSR count). The minimum atomic E-state index is -0.611. The number of hydrogen-bond donors (Lipinski definition) is 1. The molecule has 6 nitrogen and oxygen atoms in total. The number of aryl methyl sites for hydroxylation is 1. The smallest absolute Gasteiger partial charge is 0.332 e. The van der Waals surface area contributed by atoms with Crippen molar-refractivity contribution < 1.29 is 14.4 Å². The van der Waals surface area contributed by atoms with Gasteiger partial charge in [-0.3, -0.25) is 19.4 Å². The number of nitrogens with zero attached hydrogens (tertiary/aromatic N) is 2. The van der Waals surface area contributed by atoms with Crippen molar-refractivity contribution in [3.05, 3.63) is 29.8 Å². The van der Waals surface area contributed by atoms with Gasteiger partial charge in [-0.05, 0) is 39.3 Å². The Kier molecular flexibility index (Phi) is 6.77. The van der Waals surface area contributed by atoms with Crippen LogP contribution in [-0.4, -0.2) is 41.4 Å². The Morgan fingerprint density at radius 3 is 2.46 bits per heavy atom. The average molecular weight is 359 g/mol. The van der Waals surface area contributed by atoms with Gasteiger partial charge >= 0.3 is 6.03 Å². The Hall–Kier alpha value is -2.37. The van der Waals surface area contributed by atoms with Gasteiger partial charge in [0.15, 0.2) is 0 Å². The molecule has 0 radical (unpaired) electrons. The van der Waals surface area contributed by atoms with Crippen LogP contribution in [0.15, 0.2) is 24.3 Å². The first kappa shape index (κ1) is 19.9. The molecular formula is C20H29N3O3. The SMILES string of the molecule is CCCCC[C@H](C)NC(=O)CN1C(=O)[C@@H](C)N(c2ccc(C)cc2)C1=O. The summed E-state index contributed by atoms with van der Waals surface area (Å²) in [6.45, 7) is 7.49. The molecule has 1 N–H and O–H groups in total. The van der Waals surface area contributed by atoms with Crippen LogP contribution in [0.1, 0.15) is 52.0 Å². The number of carbonyl (C=O) groups excluding carboxylic acids is 3. The zero-order chi connectivity index (χ0) is 19.3. The summed E-state index contributed by atoms with van der Waals surface area (Å²) in [5, 5.41) is 2.88. The van der Waals surface area contributed by atoms with Crippen LogP contribution in [0.2, 0.25) is 0 Å². The van der Waals surface area contributed by atoms with Gasteiger partial charge in [0.25, 0.3) is 5.91 Å². The number of benzene rings is 1. The Bertz CT molecular complexity index is 657. The highest BCUT2D eigenvalue weighted by atomic mass is 16.2. The number of unbranched alkanes of at least 4 members (excludes halogenated alkanes) is 2. The van der Waals surface area contributed by atoms with Crippen molar-refractivity contribution in [2.24, 2.45) is 0 Å². The van der Waals surface area contributed by atoms with Crippen molar-refractivity contribution in [1.82, 2.24) is 10.2 Å². The molecule has 0 saturated carbocycles. The third kappa shape index (κ3) is 4.62. The zero-order valence-electron chi connectivity index (χ0n) is 16.1. The summed E-state index contributed by atoms with van der Waals surface area (Å²) < 4.78 is 0. The molecule has 0 aliphatic carbocycles. The Balaban J connectivity index is 1.99. The van der Waals surface area contributed by atoms with Crippen LogP contribution >= 0.6 is 0 Å². The molecule has 1 heterocycles. The normalized spacial score (nSPS) is 18.4. The topological polar surface area (TPSA) is 69.7 Å². The van der Waals surface area contributed by atoms with Gasteiger partial charge in [0.05, 0.1) is 0 Å². The quantitative estimate of drug-likeness (QED) is 0.572. The molecule has 0 aromatic heterocycles. The van der Waals surface area contributed by atoms with Crippen molar-refractivity contribution in [1.29, 1.82) is 0 Å². The molecule has 1 aromatic rings. The first-order valence-corrected chi connectivity index (χ1v) is 9.35. The van der Waals surface area contributed by atoms with Crippen LogP contribution < -0.4 is 10.2 Å². The molecule has 0 bridgehead atoms. The van der Waals surface area contributed by atoms with E-state index in [0.717, 1.165) is 36.1 Å². The molecule has 6 heteroatoms. The van der Waals surface area contributed by atoms with E-state index in [4.69, 9.17) is 0 Å². The second-order valence-electron chi connectivity index (χ2n) is 7.05. The molecule has 1 saturated heterocycles. The van der Waals surface area contributed by atoms with E-state index in [-0.39, 0.29) is 24.4 Å². The summed E-state index contributed by atoms with van der Waals surface area (Å²) in [5.74, 6) is -0.641. The van der Waals surface area contributed by atoms with E-state index in [1.165, 1.54) is 4.90 Å². The van der Waals surface area contributed by atoms with Crippen LogP contribution in [-0.2, 0) is 9.59 Å². The summed E-state index contributed by atoms with van der Waals surface area (Å²) in [7, 11) is 0. The molecule has 1 aromatic carbocycles. The number of anilines is 1. The number of imide groups is 1. The summed E-state index contributed by atoms with van der Waals surface area (Å²) in [4.78, 5) is 39.9. The molecule has 0 spiro atoms. The fourth-order valence-corrected chi connectivity index (χ4v) is 3.15. The van der Waals surface area contributed by atoms with Crippen molar-refractivity contribution in [2.75, 3.05) is 11.4 Å². The van der Waals surface area contributed by atoms with E-state index in [1.807, 2.05) is 38.1 Å². The third-order valence-corrected chi connectivity index (χ3v) is 4.71. The van der Waals surface area contributed by atoms with Gasteiger partial charge < -0.3 is 5.32 Å². The van der Waals surface area contributed by atoms with Crippen molar-refractivity contribution in [3.8, 4) is 0 Å². The van der Waals surface area contributed by atoms with E-state index in [9.17, 15) is 14.4 Å². The second-order valence-corrected chi connectivity index (χ2v) is 7.05. The average Bonchev–Trinajstić information content (AvgIpc) is 2.80. The maximum Gasteiger partial charge on any atom is 0.332 e. The lowest BCUT2D eigenvalue weighted by molar-refractivity contribution is -0.132. The van der Waals surface area contributed by atoms with Gasteiger partial charge in [-0.2, -0.15) is 0 Å². The molecule has 1 aliphatic rings. The number of rotatable bonds is 8. The van der Waals surface area contributed by atoms with E-state index in [1.54, 1.807) is 6.92 Å². The maximum absolute atomic E-state index is 12.7. The monoisotopic (exact) mass is 359 g/mol. The van der Waals surface area contributed by atoms with Crippen LogP contribution in [0.25, 0.3) is 0 Å². The van der Waals surface area contributed by atoms with Gasteiger partial charge in [-0.15, -0.1) is 0 Å². The molecular weight excluding hydrogens is 330 g/mol. The highest BCUT2D eigenvalue weighted by Crippen LogP contribution is 2.25. The lowest BCUT2D eigenvalue weighted by Crippen LogP contribution is -2.44. The minimum Gasteiger partial charge on any atom is -0.352 e. The molecule has 26 heavy (non-hydrogen) atoms. The number of carbonyl (C=O) groups is 3. The van der Waals surface area contributed by atoms with E-state index in [0.29, 0.717) is 5.69 Å². The number of nitrogens with one attached hydrogen (secondary N) is 1. The van der Waals surface area contributed by atoms with Gasteiger partial charge in [0.2, 0.25) is 5.91 Å². The van der Waals surface area contributed by atoms with Crippen molar-refractivity contribution in [2.45, 2.75) is 65.5 Å². The molecule has 4 amide bonds. The molecule has 1 aliphatic heterocycles.